The molecule has 0 aliphatic carbocycles. The number of thioether (sulfide) groups is 1. The van der Waals surface area contributed by atoms with Gasteiger partial charge in [0.1, 0.15) is 0 Å². The third-order valence-corrected chi connectivity index (χ3v) is 4.06. The van der Waals surface area contributed by atoms with E-state index >= 15 is 0 Å². The molecule has 0 saturated carbocycles. The molecule has 0 aromatic heterocycles. The third-order valence-electron chi connectivity index (χ3n) is 2.67. The fraction of sp³-hybridized carbons (Fsp3) is 0.143. The summed E-state index contributed by atoms with van der Waals surface area (Å²) in [5.41, 5.74) is 8.38. The van der Waals surface area contributed by atoms with Crippen LogP contribution in [0.2, 0.25) is 5.02 Å². The molecule has 19 heavy (non-hydrogen) atoms. The first-order valence-electron chi connectivity index (χ1n) is 5.74. The molecule has 2 aromatic rings. The Kier molecular flexibility index (Phi) is 4.45. The fourth-order valence-corrected chi connectivity index (χ4v) is 2.70. The zero-order chi connectivity index (χ0) is 13.8. The van der Waals surface area contributed by atoms with Crippen LogP contribution in [0.3, 0.4) is 0 Å². The van der Waals surface area contributed by atoms with E-state index in [0.717, 1.165) is 21.0 Å². The fourth-order valence-electron chi connectivity index (χ4n) is 1.61. The summed E-state index contributed by atoms with van der Waals surface area (Å²) >= 11 is 7.51. The molecule has 0 unspecified atom stereocenters. The second-order valence-corrected chi connectivity index (χ2v) is 5.59. The zero-order valence-electron chi connectivity index (χ0n) is 10.5. The summed E-state index contributed by atoms with van der Waals surface area (Å²) < 4.78 is 0.841. The lowest BCUT2D eigenvalue weighted by atomic mass is 10.2. The maximum absolute atomic E-state index is 11.1. The molecule has 0 spiro atoms. The van der Waals surface area contributed by atoms with Gasteiger partial charge in [0, 0.05) is 43.2 Å². The molecule has 0 heterocycles. The summed E-state index contributed by atoms with van der Waals surface area (Å²) in [6, 6.07) is 13.0. The van der Waals surface area contributed by atoms with Crippen LogP contribution >= 0.6 is 23.4 Å². The molecule has 0 bridgehead atoms. The smallest absolute Gasteiger partial charge is 0.255 e. The molecule has 3 nitrogen and oxygen atoms in total. The number of halogens is 1. The average molecular weight is 294 g/mol. The highest BCUT2D eigenvalue weighted by molar-refractivity contribution is 7.98. The number of hydrogen-bond donors (Lipinski definition) is 1. The van der Waals surface area contributed by atoms with Crippen molar-refractivity contribution in [2.75, 3.05) is 12.8 Å². The van der Waals surface area contributed by atoms with Gasteiger partial charge in [0.25, 0.3) is 5.69 Å². The largest absolute Gasteiger partial charge is 0.398 e. The van der Waals surface area contributed by atoms with Crippen LogP contribution in [-0.4, -0.2) is 11.8 Å². The Morgan fingerprint density at radius 3 is 2.47 bits per heavy atom. The standard InChI is InChI=1S/C14H14ClN2OS/c1-17(18)12-5-2-10(3-6-12)9-19-14-7-4-11(15)8-13(14)16/h2-8H,9,16H2,1H3/q+1. The van der Waals surface area contributed by atoms with Crippen LogP contribution in [0.25, 0.3) is 0 Å². The van der Waals surface area contributed by atoms with E-state index in [1.807, 2.05) is 36.4 Å². The van der Waals surface area contributed by atoms with Gasteiger partial charge in [0.2, 0.25) is 0 Å². The third kappa shape index (κ3) is 3.72. The van der Waals surface area contributed by atoms with Gasteiger partial charge in [-0.2, -0.15) is 0 Å². The van der Waals surface area contributed by atoms with Crippen molar-refractivity contribution in [3.8, 4) is 0 Å². The van der Waals surface area contributed by atoms with E-state index < -0.39 is 0 Å². The lowest BCUT2D eigenvalue weighted by Crippen LogP contribution is -1.91. The topological polar surface area (TPSA) is 46.1 Å². The van der Waals surface area contributed by atoms with Crippen molar-refractivity contribution < 1.29 is 4.76 Å². The first kappa shape index (κ1) is 13.9. The second-order valence-electron chi connectivity index (χ2n) is 4.13. The van der Waals surface area contributed by atoms with Gasteiger partial charge in [-0.05, 0) is 23.8 Å². The van der Waals surface area contributed by atoms with Gasteiger partial charge in [0.05, 0.1) is 0 Å². The lowest BCUT2D eigenvalue weighted by molar-refractivity contribution is -0.428. The van der Waals surface area contributed by atoms with Crippen molar-refractivity contribution in [1.82, 2.24) is 0 Å². The van der Waals surface area contributed by atoms with E-state index in [2.05, 4.69) is 0 Å². The van der Waals surface area contributed by atoms with Gasteiger partial charge >= 0.3 is 0 Å². The average Bonchev–Trinajstić information content (AvgIpc) is 2.38. The maximum Gasteiger partial charge on any atom is 0.255 e. The van der Waals surface area contributed by atoms with Crippen LogP contribution in [0.1, 0.15) is 5.56 Å². The summed E-state index contributed by atoms with van der Waals surface area (Å²) in [4.78, 5) is 12.1. The summed E-state index contributed by atoms with van der Waals surface area (Å²) in [5, 5.41) is 0.643. The van der Waals surface area contributed by atoms with Gasteiger partial charge in [-0.25, -0.2) is 0 Å². The predicted molar refractivity (Wildman–Crippen MR) is 81.1 cm³/mol. The van der Waals surface area contributed by atoms with Crippen molar-refractivity contribution in [2.45, 2.75) is 10.6 Å². The summed E-state index contributed by atoms with van der Waals surface area (Å²) in [6.45, 7) is 0. The number of anilines is 1. The molecular weight excluding hydrogens is 280 g/mol. The second kappa shape index (κ2) is 6.08. The summed E-state index contributed by atoms with van der Waals surface area (Å²) in [6.07, 6.45) is 0. The molecule has 0 aliphatic heterocycles. The highest BCUT2D eigenvalue weighted by Crippen LogP contribution is 2.30. The molecule has 5 heteroatoms. The number of nitrogens with two attached hydrogens (primary N) is 1. The van der Waals surface area contributed by atoms with Crippen LogP contribution in [0.5, 0.6) is 0 Å². The molecule has 0 radical (unpaired) electrons. The highest BCUT2D eigenvalue weighted by atomic mass is 35.5. The number of nitrogen functional groups attached to an aromatic ring is 1. The molecule has 0 atom stereocenters. The van der Waals surface area contributed by atoms with E-state index in [1.165, 1.54) is 7.05 Å². The Bertz CT molecular complexity index is 599. The summed E-state index contributed by atoms with van der Waals surface area (Å²) in [7, 11) is 1.48. The molecule has 2 rings (SSSR count). The maximum atomic E-state index is 11.1. The Hall–Kier alpha value is -1.52. The van der Waals surface area contributed by atoms with Crippen LogP contribution in [-0.2, 0) is 5.75 Å². The minimum atomic E-state index is 0.643. The Morgan fingerprint density at radius 1 is 1.21 bits per heavy atom. The molecule has 0 amide bonds. The van der Waals surface area contributed by atoms with E-state index in [-0.39, 0.29) is 0 Å². The Labute approximate surface area is 121 Å². The van der Waals surface area contributed by atoms with Crippen molar-refractivity contribution >= 4 is 34.7 Å². The quantitative estimate of drug-likeness (QED) is 0.520. The number of rotatable bonds is 4. The SMILES string of the molecule is C[N+](=O)c1ccc(CSc2ccc(Cl)cc2N)cc1. The van der Waals surface area contributed by atoms with E-state index in [4.69, 9.17) is 17.3 Å². The molecule has 0 aliphatic rings. The summed E-state index contributed by atoms with van der Waals surface area (Å²) in [5.74, 6) is 0.800. The van der Waals surface area contributed by atoms with Crippen molar-refractivity contribution in [1.29, 1.82) is 0 Å². The first-order chi connectivity index (χ1) is 9.06. The van der Waals surface area contributed by atoms with Gasteiger partial charge < -0.3 is 5.73 Å². The molecule has 2 N–H and O–H groups in total. The van der Waals surface area contributed by atoms with Crippen LogP contribution < -0.4 is 5.73 Å². The molecular formula is C14H14ClN2OS+. The highest BCUT2D eigenvalue weighted by Gasteiger charge is 2.06. The number of nitrogens with zero attached hydrogens (tertiary/aromatic N) is 1. The molecule has 98 valence electrons. The van der Waals surface area contributed by atoms with Crippen molar-refractivity contribution in [2.24, 2.45) is 0 Å². The van der Waals surface area contributed by atoms with Crippen molar-refractivity contribution in [3.05, 3.63) is 58.0 Å². The first-order valence-corrected chi connectivity index (χ1v) is 7.10. The van der Waals surface area contributed by atoms with E-state index in [1.54, 1.807) is 17.8 Å². The lowest BCUT2D eigenvalue weighted by Gasteiger charge is -2.05. The van der Waals surface area contributed by atoms with Gasteiger partial charge in [-0.1, -0.05) is 23.7 Å². The van der Waals surface area contributed by atoms with Crippen LogP contribution in [0, 0.1) is 4.91 Å². The minimum Gasteiger partial charge on any atom is -0.398 e. The van der Waals surface area contributed by atoms with E-state index in [9.17, 15) is 4.91 Å². The van der Waals surface area contributed by atoms with Crippen LogP contribution in [0.15, 0.2) is 47.4 Å². The molecule has 0 saturated heterocycles. The Balaban J connectivity index is 2.04. The number of benzene rings is 2. The van der Waals surface area contributed by atoms with Gasteiger partial charge in [-0.15, -0.1) is 11.8 Å². The van der Waals surface area contributed by atoms with Crippen molar-refractivity contribution in [3.63, 3.8) is 0 Å². The van der Waals surface area contributed by atoms with Gasteiger partial charge in [0.15, 0.2) is 7.05 Å². The van der Waals surface area contributed by atoms with E-state index in [0.29, 0.717) is 16.4 Å². The minimum absolute atomic E-state index is 0.643. The predicted octanol–water partition coefficient (Wildman–Crippen LogP) is 4.25. The monoisotopic (exact) mass is 293 g/mol. The zero-order valence-corrected chi connectivity index (χ0v) is 12.0. The van der Waals surface area contributed by atoms with Gasteiger partial charge in [-0.3, -0.25) is 0 Å². The number of nitroso groups, excluding NO2 is 1. The van der Waals surface area contributed by atoms with Crippen LogP contribution in [0.4, 0.5) is 11.4 Å². The molecule has 0 fully saturated rings. The number of hydrogen-bond acceptors (Lipinski definition) is 3. The molecule has 2 aromatic carbocycles. The normalized spacial score (nSPS) is 10.4. The Morgan fingerprint density at radius 2 is 1.89 bits per heavy atom.